The van der Waals surface area contributed by atoms with Crippen LogP contribution in [0.4, 0.5) is 4.39 Å². The van der Waals surface area contributed by atoms with Crippen LogP contribution >= 0.6 is 0 Å². The minimum Gasteiger partial charge on any atom is -0.482 e. The molecule has 0 bridgehead atoms. The highest BCUT2D eigenvalue weighted by Gasteiger charge is 2.36. The monoisotopic (exact) mass is 347 g/mol. The molecule has 2 heterocycles. The van der Waals surface area contributed by atoms with E-state index in [1.807, 2.05) is 0 Å². The number of nitrogens with two attached hydrogens (primary N) is 2. The van der Waals surface area contributed by atoms with E-state index < -0.39 is 11.7 Å². The second-order valence-corrected chi connectivity index (χ2v) is 6.55. The maximum absolute atomic E-state index is 13.8. The third kappa shape index (κ3) is 3.05. The second-order valence-electron chi connectivity index (χ2n) is 6.55. The molecule has 8 heteroatoms. The molecule has 7 nitrogen and oxygen atoms in total. The molecule has 1 aliphatic rings. The smallest absolute Gasteiger partial charge is 0.251 e. The van der Waals surface area contributed by atoms with Gasteiger partial charge in [0.25, 0.3) is 5.91 Å². The van der Waals surface area contributed by atoms with Crippen LogP contribution < -0.4 is 16.8 Å². The number of halogens is 1. The summed E-state index contributed by atoms with van der Waals surface area (Å²) in [5.74, 6) is -0.577. The molecular formula is C17H22FN5O2. The molecule has 25 heavy (non-hydrogen) atoms. The number of nitrogens with zero attached hydrogens (tertiary/aromatic N) is 1. The summed E-state index contributed by atoms with van der Waals surface area (Å²) in [4.78, 5) is 19.2. The first-order valence-electron chi connectivity index (χ1n) is 8.10. The van der Waals surface area contributed by atoms with Crippen molar-refractivity contribution < 1.29 is 13.9 Å². The zero-order chi connectivity index (χ0) is 18.2. The van der Waals surface area contributed by atoms with Crippen molar-refractivity contribution in [1.82, 2.24) is 15.3 Å². The van der Waals surface area contributed by atoms with Gasteiger partial charge in [0, 0.05) is 5.41 Å². The van der Waals surface area contributed by atoms with Crippen LogP contribution in [0.1, 0.15) is 35.9 Å². The number of fused-ring (bicyclic) bond motifs is 1. The number of rotatable bonds is 4. The van der Waals surface area contributed by atoms with E-state index in [0.717, 1.165) is 37.6 Å². The Bertz CT molecular complexity index is 852. The number of hydrogen-bond acceptors (Lipinski definition) is 5. The fraction of sp³-hybridized carbons (Fsp3) is 0.412. The molecule has 3 rings (SSSR count). The maximum Gasteiger partial charge on any atom is 0.251 e. The van der Waals surface area contributed by atoms with E-state index in [1.54, 1.807) is 0 Å². The van der Waals surface area contributed by atoms with E-state index in [0.29, 0.717) is 16.9 Å². The van der Waals surface area contributed by atoms with Gasteiger partial charge in [-0.15, -0.1) is 0 Å². The quantitative estimate of drug-likeness (QED) is 0.624. The van der Waals surface area contributed by atoms with Crippen LogP contribution in [0.3, 0.4) is 0 Å². The lowest BCUT2D eigenvalue weighted by atomic mass is 9.74. The standard InChI is InChI=1S/C17H22FN5O2/c1-17(3-5-21-6-4-17)12(15(20)25-2)16-22-11-8-9(18)7-10(14(19)24)13(11)23-16/h7-8,21H,3-6,20H2,1-2H3,(H2,19,24)(H,22,23). The van der Waals surface area contributed by atoms with Gasteiger partial charge in [-0.05, 0) is 38.1 Å². The summed E-state index contributed by atoms with van der Waals surface area (Å²) in [6.07, 6.45) is 1.70. The third-order valence-corrected chi connectivity index (χ3v) is 4.83. The molecule has 0 unspecified atom stereocenters. The summed E-state index contributed by atoms with van der Waals surface area (Å²) in [7, 11) is 1.50. The number of aromatic amines is 1. The summed E-state index contributed by atoms with van der Waals surface area (Å²) < 4.78 is 19.1. The zero-order valence-corrected chi connectivity index (χ0v) is 14.3. The number of amides is 1. The molecule has 1 aromatic heterocycles. The van der Waals surface area contributed by atoms with Crippen molar-refractivity contribution in [2.75, 3.05) is 20.2 Å². The van der Waals surface area contributed by atoms with Crippen molar-refractivity contribution >= 4 is 22.5 Å². The van der Waals surface area contributed by atoms with Crippen molar-refractivity contribution in [2.45, 2.75) is 19.8 Å². The van der Waals surface area contributed by atoms with Crippen molar-refractivity contribution in [3.05, 3.63) is 35.2 Å². The summed E-state index contributed by atoms with van der Waals surface area (Å²) in [6, 6.07) is 2.37. The number of hydrogen-bond donors (Lipinski definition) is 4. The molecule has 0 radical (unpaired) electrons. The molecular weight excluding hydrogens is 325 g/mol. The first kappa shape index (κ1) is 17.2. The van der Waals surface area contributed by atoms with Gasteiger partial charge in [-0.2, -0.15) is 0 Å². The Kier molecular flexibility index (Phi) is 4.38. The van der Waals surface area contributed by atoms with Gasteiger partial charge in [-0.3, -0.25) is 4.79 Å². The van der Waals surface area contributed by atoms with Gasteiger partial charge in [0.1, 0.15) is 17.2 Å². The summed E-state index contributed by atoms with van der Waals surface area (Å²) in [5, 5.41) is 3.32. The molecule has 0 atom stereocenters. The van der Waals surface area contributed by atoms with Crippen LogP contribution in [0.15, 0.2) is 18.0 Å². The van der Waals surface area contributed by atoms with Crippen molar-refractivity contribution in [2.24, 2.45) is 16.9 Å². The van der Waals surface area contributed by atoms with Gasteiger partial charge in [-0.1, -0.05) is 6.92 Å². The number of methoxy groups -OCH3 is 1. The maximum atomic E-state index is 13.8. The van der Waals surface area contributed by atoms with Crippen LogP contribution in [0.2, 0.25) is 0 Å². The number of H-pyrrole nitrogens is 1. The number of imidazole rings is 1. The van der Waals surface area contributed by atoms with Crippen LogP contribution in [0.25, 0.3) is 16.6 Å². The minimum absolute atomic E-state index is 0.0308. The van der Waals surface area contributed by atoms with Gasteiger partial charge in [-0.25, -0.2) is 9.37 Å². The molecule has 1 saturated heterocycles. The largest absolute Gasteiger partial charge is 0.482 e. The van der Waals surface area contributed by atoms with Crippen molar-refractivity contribution in [3.8, 4) is 0 Å². The summed E-state index contributed by atoms with van der Waals surface area (Å²) in [5.41, 5.74) is 12.7. The Morgan fingerprint density at radius 1 is 1.32 bits per heavy atom. The number of allylic oxidation sites excluding steroid dienone is 1. The van der Waals surface area contributed by atoms with Crippen molar-refractivity contribution in [1.29, 1.82) is 0 Å². The SMILES string of the molecule is COC(N)=C(c1nc2c(C(N)=O)cc(F)cc2[nH]1)C1(C)CCNCC1. The highest BCUT2D eigenvalue weighted by Crippen LogP contribution is 2.42. The van der Waals surface area contributed by atoms with Crippen LogP contribution in [-0.4, -0.2) is 36.1 Å². The van der Waals surface area contributed by atoms with E-state index >= 15 is 0 Å². The van der Waals surface area contributed by atoms with E-state index in [1.165, 1.54) is 13.2 Å². The molecule has 1 aliphatic heterocycles. The molecule has 0 saturated carbocycles. The number of carbonyl (C=O) groups excluding carboxylic acids is 1. The Balaban J connectivity index is 2.21. The Morgan fingerprint density at radius 3 is 2.60 bits per heavy atom. The average molecular weight is 347 g/mol. The predicted molar refractivity (Wildman–Crippen MR) is 92.9 cm³/mol. The molecule has 0 spiro atoms. The zero-order valence-electron chi connectivity index (χ0n) is 14.3. The fourth-order valence-corrected chi connectivity index (χ4v) is 3.42. The lowest BCUT2D eigenvalue weighted by Gasteiger charge is -2.35. The van der Waals surface area contributed by atoms with E-state index in [4.69, 9.17) is 16.2 Å². The lowest BCUT2D eigenvalue weighted by molar-refractivity contribution is 0.100. The van der Waals surface area contributed by atoms with Gasteiger partial charge in [0.05, 0.1) is 23.8 Å². The van der Waals surface area contributed by atoms with Gasteiger partial charge < -0.3 is 26.5 Å². The molecule has 1 aromatic carbocycles. The Labute approximate surface area is 144 Å². The highest BCUT2D eigenvalue weighted by molar-refractivity contribution is 6.04. The topological polar surface area (TPSA) is 119 Å². The van der Waals surface area contributed by atoms with Crippen LogP contribution in [0.5, 0.6) is 0 Å². The lowest BCUT2D eigenvalue weighted by Crippen LogP contribution is -2.36. The van der Waals surface area contributed by atoms with Gasteiger partial charge in [0.2, 0.25) is 0 Å². The number of benzene rings is 1. The van der Waals surface area contributed by atoms with Gasteiger partial charge in [0.15, 0.2) is 5.88 Å². The summed E-state index contributed by atoms with van der Waals surface area (Å²) >= 11 is 0. The highest BCUT2D eigenvalue weighted by atomic mass is 19.1. The average Bonchev–Trinajstić information content (AvgIpc) is 2.97. The molecule has 0 aliphatic carbocycles. The number of aromatic nitrogens is 2. The number of ether oxygens (including phenoxy) is 1. The van der Waals surface area contributed by atoms with Gasteiger partial charge >= 0.3 is 0 Å². The van der Waals surface area contributed by atoms with Crippen LogP contribution in [-0.2, 0) is 4.74 Å². The van der Waals surface area contributed by atoms with E-state index in [2.05, 4.69) is 22.2 Å². The first-order chi connectivity index (χ1) is 11.9. The van der Waals surface area contributed by atoms with E-state index in [9.17, 15) is 9.18 Å². The number of carbonyl (C=O) groups is 1. The molecule has 1 fully saturated rings. The molecule has 134 valence electrons. The Morgan fingerprint density at radius 2 is 2.00 bits per heavy atom. The molecule has 1 amide bonds. The Hall–Kier alpha value is -2.61. The molecule has 6 N–H and O–H groups in total. The number of primary amides is 1. The van der Waals surface area contributed by atoms with Crippen molar-refractivity contribution in [3.63, 3.8) is 0 Å². The first-order valence-corrected chi connectivity index (χ1v) is 8.10. The second kappa shape index (κ2) is 6.36. The predicted octanol–water partition coefficient (Wildman–Crippen LogP) is 1.46. The minimum atomic E-state index is -0.735. The molecule has 2 aromatic rings. The van der Waals surface area contributed by atoms with E-state index in [-0.39, 0.29) is 16.9 Å². The summed E-state index contributed by atoms with van der Waals surface area (Å²) in [6.45, 7) is 3.79. The normalized spacial score (nSPS) is 18.0. The fourth-order valence-electron chi connectivity index (χ4n) is 3.42. The number of piperidine rings is 1. The van der Waals surface area contributed by atoms with Crippen LogP contribution in [0, 0.1) is 11.2 Å². The third-order valence-electron chi connectivity index (χ3n) is 4.83. The number of nitrogens with one attached hydrogen (secondary N) is 2.